The van der Waals surface area contributed by atoms with Gasteiger partial charge in [0.25, 0.3) is 0 Å². The Bertz CT molecular complexity index is 283. The van der Waals surface area contributed by atoms with Crippen LogP contribution >= 0.6 is 0 Å². The summed E-state index contributed by atoms with van der Waals surface area (Å²) >= 11 is 0. The summed E-state index contributed by atoms with van der Waals surface area (Å²) in [5.41, 5.74) is 0. The minimum absolute atomic E-state index is 0.0185. The maximum absolute atomic E-state index is 10.6. The Kier molecular flexibility index (Phi) is 1.56. The molecular weight excluding hydrogens is 158 g/mol. The number of aromatic nitrogens is 3. The third-order valence-corrected chi connectivity index (χ3v) is 2.33. The van der Waals surface area contributed by atoms with Crippen molar-refractivity contribution in [2.75, 3.05) is 0 Å². The van der Waals surface area contributed by atoms with Crippen LogP contribution in [0.15, 0.2) is 12.7 Å². The first-order valence-electron chi connectivity index (χ1n) is 3.86. The second-order valence-electron chi connectivity index (χ2n) is 2.96. The average molecular weight is 167 g/mol. The molecule has 0 amide bonds. The van der Waals surface area contributed by atoms with Gasteiger partial charge in [0.05, 0.1) is 12.0 Å². The van der Waals surface area contributed by atoms with Gasteiger partial charge in [-0.2, -0.15) is 5.10 Å². The Morgan fingerprint density at radius 3 is 2.83 bits per heavy atom. The van der Waals surface area contributed by atoms with E-state index in [9.17, 15) is 4.79 Å². The molecule has 0 spiro atoms. The van der Waals surface area contributed by atoms with Gasteiger partial charge in [0, 0.05) is 0 Å². The first-order chi connectivity index (χ1) is 5.79. The first kappa shape index (κ1) is 7.27. The van der Waals surface area contributed by atoms with Crippen LogP contribution in [0.5, 0.6) is 0 Å². The molecule has 5 nitrogen and oxygen atoms in total. The highest BCUT2D eigenvalue weighted by Gasteiger charge is 2.38. The minimum Gasteiger partial charge on any atom is -0.481 e. The second-order valence-corrected chi connectivity index (χ2v) is 2.96. The summed E-state index contributed by atoms with van der Waals surface area (Å²) in [4.78, 5) is 14.4. The van der Waals surface area contributed by atoms with Gasteiger partial charge >= 0.3 is 5.97 Å². The molecule has 1 aromatic heterocycles. The van der Waals surface area contributed by atoms with Crippen molar-refractivity contribution in [3.8, 4) is 0 Å². The lowest BCUT2D eigenvalue weighted by Gasteiger charge is -2.32. The Labute approximate surface area is 69.0 Å². The highest BCUT2D eigenvalue weighted by molar-refractivity contribution is 5.71. The molecular formula is C7H9N3O2. The van der Waals surface area contributed by atoms with Gasteiger partial charge < -0.3 is 5.11 Å². The van der Waals surface area contributed by atoms with E-state index in [1.165, 1.54) is 6.33 Å². The number of carboxylic acid groups (broad SMARTS) is 1. The van der Waals surface area contributed by atoms with E-state index in [1.54, 1.807) is 11.0 Å². The number of carbonyl (C=O) groups is 1. The first-order valence-corrected chi connectivity index (χ1v) is 3.86. The normalized spacial score (nSPS) is 28.0. The topological polar surface area (TPSA) is 68.0 Å². The predicted octanol–water partition coefficient (Wildman–Crippen LogP) is 0.314. The molecule has 2 atom stereocenters. The third-order valence-electron chi connectivity index (χ3n) is 2.33. The van der Waals surface area contributed by atoms with E-state index in [2.05, 4.69) is 10.1 Å². The van der Waals surface area contributed by atoms with Gasteiger partial charge in [-0.15, -0.1) is 0 Å². The molecule has 2 rings (SSSR count). The largest absolute Gasteiger partial charge is 0.481 e. The highest BCUT2D eigenvalue weighted by atomic mass is 16.4. The molecule has 1 N–H and O–H groups in total. The van der Waals surface area contributed by atoms with Crippen LogP contribution in [-0.2, 0) is 4.79 Å². The van der Waals surface area contributed by atoms with E-state index < -0.39 is 5.97 Å². The van der Waals surface area contributed by atoms with Crippen LogP contribution in [0.4, 0.5) is 0 Å². The van der Waals surface area contributed by atoms with Crippen molar-refractivity contribution in [1.82, 2.24) is 14.8 Å². The van der Waals surface area contributed by atoms with Crippen molar-refractivity contribution in [2.45, 2.75) is 18.9 Å². The monoisotopic (exact) mass is 167 g/mol. The molecule has 1 saturated carbocycles. The summed E-state index contributed by atoms with van der Waals surface area (Å²) in [5.74, 6) is -1.01. The van der Waals surface area contributed by atoms with Gasteiger partial charge in [-0.1, -0.05) is 0 Å². The van der Waals surface area contributed by atoms with E-state index in [-0.39, 0.29) is 12.0 Å². The van der Waals surface area contributed by atoms with Gasteiger partial charge in [0.1, 0.15) is 12.7 Å². The Hall–Kier alpha value is -1.39. The van der Waals surface area contributed by atoms with Crippen LogP contribution in [0, 0.1) is 5.92 Å². The van der Waals surface area contributed by atoms with Crippen molar-refractivity contribution < 1.29 is 9.90 Å². The lowest BCUT2D eigenvalue weighted by Crippen LogP contribution is -2.35. The fourth-order valence-corrected chi connectivity index (χ4v) is 1.48. The zero-order valence-electron chi connectivity index (χ0n) is 6.42. The number of carboxylic acids is 1. The maximum atomic E-state index is 10.6. The standard InChI is InChI=1S/C7H9N3O2/c11-7(12)5-1-2-6(5)10-4-8-3-9-10/h3-6H,1-2H2,(H,11,12). The maximum Gasteiger partial charge on any atom is 0.308 e. The number of hydrogen-bond acceptors (Lipinski definition) is 3. The molecule has 0 aliphatic heterocycles. The highest BCUT2D eigenvalue weighted by Crippen LogP contribution is 2.37. The number of nitrogens with zero attached hydrogens (tertiary/aromatic N) is 3. The molecule has 1 aliphatic rings. The number of aliphatic carboxylic acids is 1. The molecule has 5 heteroatoms. The average Bonchev–Trinajstić information content (AvgIpc) is 2.35. The zero-order valence-corrected chi connectivity index (χ0v) is 6.42. The lowest BCUT2D eigenvalue weighted by atomic mass is 9.80. The molecule has 0 aromatic carbocycles. The van der Waals surface area contributed by atoms with E-state index in [0.717, 1.165) is 12.8 Å². The molecule has 2 unspecified atom stereocenters. The van der Waals surface area contributed by atoms with Gasteiger partial charge in [-0.05, 0) is 12.8 Å². The molecule has 0 saturated heterocycles. The van der Waals surface area contributed by atoms with Crippen LogP contribution in [0.2, 0.25) is 0 Å². The van der Waals surface area contributed by atoms with E-state index in [0.29, 0.717) is 0 Å². The zero-order chi connectivity index (χ0) is 8.55. The van der Waals surface area contributed by atoms with Crippen LogP contribution in [0.3, 0.4) is 0 Å². The molecule has 0 radical (unpaired) electrons. The van der Waals surface area contributed by atoms with Crippen LogP contribution in [-0.4, -0.2) is 25.8 Å². The van der Waals surface area contributed by atoms with E-state index in [1.807, 2.05) is 0 Å². The summed E-state index contributed by atoms with van der Waals surface area (Å²) in [6, 6.07) is 0.0185. The summed E-state index contributed by atoms with van der Waals surface area (Å²) in [6.45, 7) is 0. The van der Waals surface area contributed by atoms with Crippen molar-refractivity contribution in [3.63, 3.8) is 0 Å². The van der Waals surface area contributed by atoms with Crippen LogP contribution < -0.4 is 0 Å². The fourth-order valence-electron chi connectivity index (χ4n) is 1.48. The van der Waals surface area contributed by atoms with Gasteiger partial charge in [-0.3, -0.25) is 4.79 Å². The Balaban J connectivity index is 2.12. The summed E-state index contributed by atoms with van der Waals surface area (Å²) in [6.07, 6.45) is 4.64. The summed E-state index contributed by atoms with van der Waals surface area (Å²) in [5, 5.41) is 12.7. The van der Waals surface area contributed by atoms with Crippen molar-refractivity contribution >= 4 is 5.97 Å². The van der Waals surface area contributed by atoms with Gasteiger partial charge in [0.15, 0.2) is 0 Å². The fraction of sp³-hybridized carbons (Fsp3) is 0.571. The predicted molar refractivity (Wildman–Crippen MR) is 39.4 cm³/mol. The molecule has 64 valence electrons. The van der Waals surface area contributed by atoms with E-state index >= 15 is 0 Å². The van der Waals surface area contributed by atoms with Crippen LogP contribution in [0.25, 0.3) is 0 Å². The summed E-state index contributed by atoms with van der Waals surface area (Å²) in [7, 11) is 0. The SMILES string of the molecule is O=C(O)C1CCC1n1cncn1. The van der Waals surface area contributed by atoms with Crippen LogP contribution in [0.1, 0.15) is 18.9 Å². The molecule has 1 aromatic rings. The second kappa shape index (κ2) is 2.58. The third kappa shape index (κ3) is 0.975. The molecule has 1 aliphatic carbocycles. The lowest BCUT2D eigenvalue weighted by molar-refractivity contribution is -0.147. The van der Waals surface area contributed by atoms with Crippen molar-refractivity contribution in [3.05, 3.63) is 12.7 Å². The molecule has 0 bridgehead atoms. The molecule has 1 fully saturated rings. The molecule has 1 heterocycles. The Morgan fingerprint density at radius 2 is 2.42 bits per heavy atom. The Morgan fingerprint density at radius 1 is 1.58 bits per heavy atom. The number of hydrogen-bond donors (Lipinski definition) is 1. The minimum atomic E-state index is -0.734. The number of rotatable bonds is 2. The van der Waals surface area contributed by atoms with Crippen molar-refractivity contribution in [2.24, 2.45) is 5.92 Å². The smallest absolute Gasteiger partial charge is 0.308 e. The summed E-state index contributed by atoms with van der Waals surface area (Å²) < 4.78 is 1.63. The van der Waals surface area contributed by atoms with Gasteiger partial charge in [-0.25, -0.2) is 9.67 Å². The van der Waals surface area contributed by atoms with Crippen molar-refractivity contribution in [1.29, 1.82) is 0 Å². The quantitative estimate of drug-likeness (QED) is 0.688. The molecule has 12 heavy (non-hydrogen) atoms. The van der Waals surface area contributed by atoms with E-state index in [4.69, 9.17) is 5.11 Å². The van der Waals surface area contributed by atoms with Gasteiger partial charge in [0.2, 0.25) is 0 Å².